The van der Waals surface area contributed by atoms with Gasteiger partial charge in [0.25, 0.3) is 5.91 Å². The molecule has 0 bridgehead atoms. The molecule has 3 aromatic rings. The van der Waals surface area contributed by atoms with Gasteiger partial charge in [-0.1, -0.05) is 6.07 Å². The van der Waals surface area contributed by atoms with Gasteiger partial charge in [-0.2, -0.15) is 5.10 Å². The number of aryl methyl sites for hydroxylation is 1. The number of methoxy groups -OCH3 is 1. The summed E-state index contributed by atoms with van der Waals surface area (Å²) < 4.78 is 12.8. The summed E-state index contributed by atoms with van der Waals surface area (Å²) in [5.41, 5.74) is 6.39. The second kappa shape index (κ2) is 9.65. The maximum Gasteiger partial charge on any atom is 0.277 e. The fourth-order valence-electron chi connectivity index (χ4n) is 2.95. The predicted molar refractivity (Wildman–Crippen MR) is 119 cm³/mol. The van der Waals surface area contributed by atoms with Crippen LogP contribution in [0, 0.1) is 6.92 Å². The summed E-state index contributed by atoms with van der Waals surface area (Å²) in [5.74, 6) is 1.09. The number of rotatable bonds is 8. The summed E-state index contributed by atoms with van der Waals surface area (Å²) in [6, 6.07) is 19.2. The average molecular weight is 406 g/mol. The molecular formula is C23H26N4O3. The van der Waals surface area contributed by atoms with Gasteiger partial charge in [0.1, 0.15) is 11.5 Å². The zero-order chi connectivity index (χ0) is 21.5. The molecule has 156 valence electrons. The summed E-state index contributed by atoms with van der Waals surface area (Å²) in [5, 5.41) is 4.07. The minimum Gasteiger partial charge on any atom is -0.497 e. The van der Waals surface area contributed by atoms with Gasteiger partial charge in [-0.05, 0) is 55.5 Å². The van der Waals surface area contributed by atoms with Crippen molar-refractivity contribution in [3.63, 3.8) is 0 Å². The molecule has 0 saturated heterocycles. The van der Waals surface area contributed by atoms with Gasteiger partial charge in [0.15, 0.2) is 6.61 Å². The van der Waals surface area contributed by atoms with Crippen LogP contribution >= 0.6 is 0 Å². The second-order valence-corrected chi connectivity index (χ2v) is 6.91. The van der Waals surface area contributed by atoms with Crippen LogP contribution in [0.1, 0.15) is 11.4 Å². The number of carbonyl (C=O) groups excluding carboxylic acids is 1. The SMILES string of the molecule is COc1ccc(-n2c(C)ccc2/C=N\NC(=O)COc2cccc(N(C)C)c2)cc1. The van der Waals surface area contributed by atoms with Crippen LogP contribution in [0.5, 0.6) is 11.5 Å². The van der Waals surface area contributed by atoms with Crippen LogP contribution in [0.3, 0.4) is 0 Å². The Morgan fingerprint density at radius 3 is 2.57 bits per heavy atom. The molecule has 0 aliphatic rings. The third-order valence-corrected chi connectivity index (χ3v) is 4.53. The highest BCUT2D eigenvalue weighted by atomic mass is 16.5. The van der Waals surface area contributed by atoms with Crippen molar-refractivity contribution in [1.29, 1.82) is 0 Å². The Labute approximate surface area is 176 Å². The lowest BCUT2D eigenvalue weighted by Crippen LogP contribution is -2.24. The minimum atomic E-state index is -0.333. The van der Waals surface area contributed by atoms with Crippen LogP contribution in [0.4, 0.5) is 5.69 Å². The van der Waals surface area contributed by atoms with Crippen LogP contribution in [0.15, 0.2) is 65.8 Å². The molecule has 0 atom stereocenters. The number of carbonyl (C=O) groups is 1. The first-order valence-electron chi connectivity index (χ1n) is 9.53. The highest BCUT2D eigenvalue weighted by Crippen LogP contribution is 2.20. The molecule has 0 aliphatic heterocycles. The Bertz CT molecular complexity index is 1020. The number of nitrogens with zero attached hydrogens (tertiary/aromatic N) is 3. The Kier molecular flexibility index (Phi) is 6.75. The number of hydrogen-bond acceptors (Lipinski definition) is 5. The summed E-state index contributed by atoms with van der Waals surface area (Å²) in [4.78, 5) is 14.0. The lowest BCUT2D eigenvalue weighted by molar-refractivity contribution is -0.123. The first-order valence-corrected chi connectivity index (χ1v) is 9.53. The number of aromatic nitrogens is 1. The molecule has 0 fully saturated rings. The predicted octanol–water partition coefficient (Wildman–Crippen LogP) is 3.39. The first kappa shape index (κ1) is 21.0. The molecule has 0 spiro atoms. The smallest absolute Gasteiger partial charge is 0.277 e. The second-order valence-electron chi connectivity index (χ2n) is 6.91. The van der Waals surface area contributed by atoms with E-state index in [-0.39, 0.29) is 12.5 Å². The molecule has 1 heterocycles. The van der Waals surface area contributed by atoms with Crippen molar-refractivity contribution in [2.75, 3.05) is 32.7 Å². The molecule has 0 aliphatic carbocycles. The van der Waals surface area contributed by atoms with Gasteiger partial charge >= 0.3 is 0 Å². The standard InChI is InChI=1S/C23H26N4O3/c1-17-8-9-20(27(17)18-10-12-21(29-4)13-11-18)15-24-25-23(28)16-30-22-7-5-6-19(14-22)26(2)3/h5-15H,16H2,1-4H3,(H,25,28)/b24-15-. The Hall–Kier alpha value is -3.74. The van der Waals surface area contributed by atoms with Crippen LogP contribution in [0.2, 0.25) is 0 Å². The van der Waals surface area contributed by atoms with E-state index in [0.717, 1.165) is 28.5 Å². The number of amides is 1. The highest BCUT2D eigenvalue weighted by molar-refractivity contribution is 5.82. The molecular weight excluding hydrogens is 380 g/mol. The number of anilines is 1. The fraction of sp³-hybridized carbons (Fsp3) is 0.217. The van der Waals surface area contributed by atoms with E-state index in [0.29, 0.717) is 5.75 Å². The average Bonchev–Trinajstić information content (AvgIpc) is 3.12. The zero-order valence-corrected chi connectivity index (χ0v) is 17.6. The lowest BCUT2D eigenvalue weighted by Gasteiger charge is -2.13. The van der Waals surface area contributed by atoms with Gasteiger partial charge in [-0.15, -0.1) is 0 Å². The molecule has 3 rings (SSSR count). The third-order valence-electron chi connectivity index (χ3n) is 4.53. The van der Waals surface area contributed by atoms with Crippen molar-refractivity contribution >= 4 is 17.8 Å². The molecule has 7 nitrogen and oxygen atoms in total. The van der Waals surface area contributed by atoms with E-state index in [4.69, 9.17) is 9.47 Å². The quantitative estimate of drug-likeness (QED) is 0.460. The topological polar surface area (TPSA) is 68.1 Å². The van der Waals surface area contributed by atoms with Gasteiger partial charge in [-0.3, -0.25) is 4.79 Å². The van der Waals surface area contributed by atoms with Crippen molar-refractivity contribution in [3.05, 3.63) is 72.1 Å². The van der Waals surface area contributed by atoms with Gasteiger partial charge in [0.2, 0.25) is 0 Å². The molecule has 30 heavy (non-hydrogen) atoms. The molecule has 0 saturated carbocycles. The number of ether oxygens (including phenoxy) is 2. The summed E-state index contributed by atoms with van der Waals surface area (Å²) in [6.07, 6.45) is 1.61. The van der Waals surface area contributed by atoms with Gasteiger partial charge in [-0.25, -0.2) is 5.43 Å². The number of hydrazone groups is 1. The monoisotopic (exact) mass is 406 g/mol. The normalized spacial score (nSPS) is 10.8. The van der Waals surface area contributed by atoms with Crippen molar-refractivity contribution < 1.29 is 14.3 Å². The Balaban J connectivity index is 1.60. The Morgan fingerprint density at radius 2 is 1.87 bits per heavy atom. The van der Waals surface area contributed by atoms with E-state index >= 15 is 0 Å². The molecule has 1 aromatic heterocycles. The van der Waals surface area contributed by atoms with E-state index in [9.17, 15) is 4.79 Å². The van der Waals surface area contributed by atoms with Crippen LogP contribution in [-0.2, 0) is 4.79 Å². The summed E-state index contributed by atoms with van der Waals surface area (Å²) in [6.45, 7) is 1.89. The summed E-state index contributed by atoms with van der Waals surface area (Å²) >= 11 is 0. The number of hydrogen-bond donors (Lipinski definition) is 1. The van der Waals surface area contributed by atoms with E-state index in [1.165, 1.54) is 0 Å². The van der Waals surface area contributed by atoms with Crippen molar-refractivity contribution in [2.45, 2.75) is 6.92 Å². The third kappa shape index (κ3) is 5.20. The van der Waals surface area contributed by atoms with E-state index < -0.39 is 0 Å². The van der Waals surface area contributed by atoms with E-state index in [2.05, 4.69) is 10.5 Å². The minimum absolute atomic E-state index is 0.118. The number of benzene rings is 2. The highest BCUT2D eigenvalue weighted by Gasteiger charge is 2.07. The maximum absolute atomic E-state index is 12.1. The first-order chi connectivity index (χ1) is 14.5. The molecule has 2 aromatic carbocycles. The lowest BCUT2D eigenvalue weighted by atomic mass is 10.3. The zero-order valence-electron chi connectivity index (χ0n) is 17.6. The van der Waals surface area contributed by atoms with Gasteiger partial charge in [0, 0.05) is 37.2 Å². The van der Waals surface area contributed by atoms with Gasteiger partial charge < -0.3 is 18.9 Å². The summed E-state index contributed by atoms with van der Waals surface area (Å²) in [7, 11) is 5.54. The Morgan fingerprint density at radius 1 is 1.10 bits per heavy atom. The van der Waals surface area contributed by atoms with Crippen molar-refractivity contribution in [1.82, 2.24) is 9.99 Å². The fourth-order valence-corrected chi connectivity index (χ4v) is 2.95. The number of nitrogens with one attached hydrogen (secondary N) is 1. The maximum atomic E-state index is 12.1. The van der Waals surface area contributed by atoms with Crippen LogP contribution in [0.25, 0.3) is 5.69 Å². The van der Waals surface area contributed by atoms with E-state index in [1.807, 2.05) is 91.1 Å². The molecule has 0 unspecified atom stereocenters. The molecule has 1 N–H and O–H groups in total. The molecule has 1 amide bonds. The van der Waals surface area contributed by atoms with Crippen LogP contribution < -0.4 is 19.8 Å². The van der Waals surface area contributed by atoms with E-state index in [1.54, 1.807) is 13.3 Å². The largest absolute Gasteiger partial charge is 0.497 e. The molecule has 7 heteroatoms. The van der Waals surface area contributed by atoms with Crippen LogP contribution in [-0.4, -0.2) is 44.5 Å². The van der Waals surface area contributed by atoms with Gasteiger partial charge in [0.05, 0.1) is 19.0 Å². The molecule has 0 radical (unpaired) electrons. The van der Waals surface area contributed by atoms with Crippen molar-refractivity contribution in [3.8, 4) is 17.2 Å². The van der Waals surface area contributed by atoms with Crippen molar-refractivity contribution in [2.24, 2.45) is 5.10 Å².